The Bertz CT molecular complexity index is 4370. The molecular weight excluding hydrogens is 927 g/mol. The SMILES string of the molecule is c1ccc(C2(c3ccccc3)c3ccccc3-c3c(N(c4ccc(-c5ccc6c(c5)-c5ccccc5C65c6ccccc6Sc6ccccc65)cc4)c4cccc5oc6c7ccccc7ccc6c45)cccc32)cc1. The molecule has 1 spiro atoms. The lowest BCUT2D eigenvalue weighted by Gasteiger charge is -2.39. The lowest BCUT2D eigenvalue weighted by atomic mass is 9.67. The number of nitrogens with zero attached hydrogens (tertiary/aromatic N) is 1. The van der Waals surface area contributed by atoms with Crippen LogP contribution in [0, 0.1) is 0 Å². The molecule has 0 saturated carbocycles. The van der Waals surface area contributed by atoms with Gasteiger partial charge in [-0.3, -0.25) is 0 Å². The predicted octanol–water partition coefficient (Wildman–Crippen LogP) is 19.1. The van der Waals surface area contributed by atoms with E-state index in [1.54, 1.807) is 0 Å². The van der Waals surface area contributed by atoms with Gasteiger partial charge >= 0.3 is 0 Å². The van der Waals surface area contributed by atoms with E-state index < -0.39 is 10.8 Å². The molecule has 3 heteroatoms. The Hall–Kier alpha value is -9.15. The number of hydrogen-bond donors (Lipinski definition) is 0. The molecule has 2 heterocycles. The quantitative estimate of drug-likeness (QED) is 0.165. The van der Waals surface area contributed by atoms with Gasteiger partial charge in [-0.2, -0.15) is 0 Å². The Balaban J connectivity index is 0.914. The summed E-state index contributed by atoms with van der Waals surface area (Å²) in [5, 5.41) is 4.44. The number of benzene rings is 12. The van der Waals surface area contributed by atoms with Gasteiger partial charge in [0, 0.05) is 31.8 Å². The van der Waals surface area contributed by atoms with E-state index in [-0.39, 0.29) is 0 Å². The molecule has 0 unspecified atom stereocenters. The summed E-state index contributed by atoms with van der Waals surface area (Å²) in [7, 11) is 0. The van der Waals surface area contributed by atoms with Crippen molar-refractivity contribution in [3.63, 3.8) is 0 Å². The van der Waals surface area contributed by atoms with Crippen LogP contribution < -0.4 is 4.90 Å². The smallest absolute Gasteiger partial charge is 0.143 e. The van der Waals surface area contributed by atoms with Gasteiger partial charge in [-0.15, -0.1) is 0 Å². The van der Waals surface area contributed by atoms with Crippen molar-refractivity contribution in [2.45, 2.75) is 20.6 Å². The second kappa shape index (κ2) is 16.2. The minimum atomic E-state index is -0.557. The summed E-state index contributed by atoms with van der Waals surface area (Å²) < 4.78 is 6.92. The van der Waals surface area contributed by atoms with E-state index in [0.29, 0.717) is 0 Å². The molecule has 0 atom stereocenters. The third-order valence-electron chi connectivity index (χ3n) is 16.6. The molecule has 350 valence electrons. The first-order valence-electron chi connectivity index (χ1n) is 25.9. The molecule has 13 aromatic rings. The molecule has 0 saturated heterocycles. The van der Waals surface area contributed by atoms with Crippen LogP contribution in [0.25, 0.3) is 66.1 Å². The van der Waals surface area contributed by atoms with Crippen molar-refractivity contribution in [2.75, 3.05) is 4.90 Å². The fraction of sp³-hybridized carbons (Fsp3) is 0.0278. The average molecular weight is 972 g/mol. The molecular formula is C72H45NOS. The Morgan fingerprint density at radius 1 is 0.347 bits per heavy atom. The van der Waals surface area contributed by atoms with Crippen molar-refractivity contribution in [1.82, 2.24) is 0 Å². The summed E-state index contributed by atoms with van der Waals surface area (Å²) in [6.07, 6.45) is 0. The van der Waals surface area contributed by atoms with Crippen molar-refractivity contribution in [2.24, 2.45) is 0 Å². The number of hydrogen-bond acceptors (Lipinski definition) is 3. The first-order valence-corrected chi connectivity index (χ1v) is 26.7. The highest BCUT2D eigenvalue weighted by Gasteiger charge is 2.51. The largest absolute Gasteiger partial charge is 0.455 e. The lowest BCUT2D eigenvalue weighted by molar-refractivity contribution is 0.672. The van der Waals surface area contributed by atoms with Crippen LogP contribution in [0.4, 0.5) is 17.1 Å². The van der Waals surface area contributed by atoms with Gasteiger partial charge in [-0.05, 0) is 132 Å². The zero-order valence-corrected chi connectivity index (χ0v) is 41.6. The molecule has 2 aliphatic carbocycles. The highest BCUT2D eigenvalue weighted by molar-refractivity contribution is 7.99. The van der Waals surface area contributed by atoms with Gasteiger partial charge in [0.15, 0.2) is 0 Å². The average Bonchev–Trinajstić information content (AvgIpc) is 4.32. The molecule has 0 bridgehead atoms. The predicted molar refractivity (Wildman–Crippen MR) is 310 cm³/mol. The van der Waals surface area contributed by atoms with Crippen molar-refractivity contribution in [3.05, 3.63) is 317 Å². The van der Waals surface area contributed by atoms with Crippen LogP contribution in [-0.2, 0) is 10.8 Å². The van der Waals surface area contributed by atoms with Gasteiger partial charge in [0.1, 0.15) is 11.2 Å². The number of furan rings is 1. The van der Waals surface area contributed by atoms with Gasteiger partial charge in [-0.1, -0.05) is 230 Å². The maximum absolute atomic E-state index is 6.92. The lowest BCUT2D eigenvalue weighted by Crippen LogP contribution is -2.31. The van der Waals surface area contributed by atoms with Crippen LogP contribution in [0.15, 0.2) is 287 Å². The van der Waals surface area contributed by atoms with E-state index in [2.05, 4.69) is 278 Å². The molecule has 0 fully saturated rings. The van der Waals surface area contributed by atoms with Crippen LogP contribution in [0.2, 0.25) is 0 Å². The molecule has 75 heavy (non-hydrogen) atoms. The van der Waals surface area contributed by atoms with E-state index in [1.165, 1.54) is 82.1 Å². The summed E-state index contributed by atoms with van der Waals surface area (Å²) in [6.45, 7) is 0. The maximum Gasteiger partial charge on any atom is 0.143 e. The Morgan fingerprint density at radius 3 is 1.64 bits per heavy atom. The van der Waals surface area contributed by atoms with E-state index in [1.807, 2.05) is 11.8 Å². The van der Waals surface area contributed by atoms with Crippen molar-refractivity contribution >= 4 is 61.5 Å². The summed E-state index contributed by atoms with van der Waals surface area (Å²) in [6, 6.07) is 101. The topological polar surface area (TPSA) is 16.4 Å². The summed E-state index contributed by atoms with van der Waals surface area (Å²) in [4.78, 5) is 5.12. The van der Waals surface area contributed by atoms with E-state index in [0.717, 1.165) is 55.3 Å². The minimum Gasteiger partial charge on any atom is -0.455 e. The van der Waals surface area contributed by atoms with Gasteiger partial charge in [-0.25, -0.2) is 0 Å². The minimum absolute atomic E-state index is 0.412. The zero-order valence-electron chi connectivity index (χ0n) is 40.7. The molecule has 0 amide bonds. The Labute approximate surface area is 439 Å². The highest BCUT2D eigenvalue weighted by Crippen LogP contribution is 2.63. The van der Waals surface area contributed by atoms with Crippen LogP contribution in [0.1, 0.15) is 44.5 Å². The molecule has 1 aliphatic heterocycles. The molecule has 0 N–H and O–H groups in total. The monoisotopic (exact) mass is 971 g/mol. The second-order valence-corrected chi connectivity index (χ2v) is 21.3. The van der Waals surface area contributed by atoms with Crippen molar-refractivity contribution in [3.8, 4) is 33.4 Å². The molecule has 16 rings (SSSR count). The first kappa shape index (κ1) is 42.4. The molecule has 0 radical (unpaired) electrons. The summed E-state index contributed by atoms with van der Waals surface area (Å²) in [5.74, 6) is 0. The van der Waals surface area contributed by atoms with Crippen LogP contribution in [0.3, 0.4) is 0 Å². The zero-order chi connectivity index (χ0) is 49.2. The van der Waals surface area contributed by atoms with Gasteiger partial charge in [0.2, 0.25) is 0 Å². The Kier molecular flexibility index (Phi) is 9.14. The molecule has 12 aromatic carbocycles. The number of anilines is 3. The van der Waals surface area contributed by atoms with E-state index in [4.69, 9.17) is 4.42 Å². The standard InChI is InChI=1S/C72H45NOS/c1-3-20-49(21-4-1)71(50-22-5-2-6-23-50)58-28-12-10-26-54(58)68-62(71)31-17-32-63(68)73(64-33-18-34-65-69(64)55-43-39-47-19-7-8-24-52(47)70(55)74-65)51-41-37-46(38-42-51)48-40-44-59-56(45-48)53-25-9-11-27-57(53)72(59)60-29-13-15-35-66(60)75-67-36-16-14-30-61(67)72/h1-45H. The van der Waals surface area contributed by atoms with Gasteiger partial charge in [0.25, 0.3) is 0 Å². The summed E-state index contributed by atoms with van der Waals surface area (Å²) in [5.41, 5.74) is 21.8. The van der Waals surface area contributed by atoms with Crippen LogP contribution in [0.5, 0.6) is 0 Å². The number of rotatable bonds is 6. The third kappa shape index (κ3) is 5.82. The van der Waals surface area contributed by atoms with Gasteiger partial charge in [0.05, 0.1) is 27.6 Å². The highest BCUT2D eigenvalue weighted by atomic mass is 32.2. The Morgan fingerprint density at radius 2 is 0.907 bits per heavy atom. The summed E-state index contributed by atoms with van der Waals surface area (Å²) >= 11 is 1.89. The van der Waals surface area contributed by atoms with Crippen molar-refractivity contribution < 1.29 is 4.42 Å². The second-order valence-electron chi connectivity index (χ2n) is 20.2. The maximum atomic E-state index is 6.92. The van der Waals surface area contributed by atoms with Crippen molar-refractivity contribution in [1.29, 1.82) is 0 Å². The first-order chi connectivity index (χ1) is 37.2. The van der Waals surface area contributed by atoms with E-state index in [9.17, 15) is 0 Å². The fourth-order valence-electron chi connectivity index (χ4n) is 13.6. The molecule has 3 aliphatic rings. The number of fused-ring (bicyclic) bond motifs is 17. The van der Waals surface area contributed by atoms with Crippen LogP contribution >= 0.6 is 11.8 Å². The molecule has 1 aromatic heterocycles. The van der Waals surface area contributed by atoms with E-state index >= 15 is 0 Å². The molecule has 2 nitrogen and oxygen atoms in total. The normalized spacial score (nSPS) is 14.0. The van der Waals surface area contributed by atoms with Gasteiger partial charge < -0.3 is 9.32 Å². The fourth-order valence-corrected chi connectivity index (χ4v) is 14.8. The van der Waals surface area contributed by atoms with Crippen LogP contribution in [-0.4, -0.2) is 0 Å². The third-order valence-corrected chi connectivity index (χ3v) is 17.8.